The molecular formula is C14H14F2N2O3S. The quantitative estimate of drug-likeness (QED) is 0.885. The van der Waals surface area contributed by atoms with Crippen LogP contribution in [-0.4, -0.2) is 26.4 Å². The van der Waals surface area contributed by atoms with E-state index in [0.717, 1.165) is 0 Å². The fraction of sp³-hybridized carbons (Fsp3) is 0.214. The van der Waals surface area contributed by atoms with E-state index < -0.39 is 23.1 Å². The van der Waals surface area contributed by atoms with Gasteiger partial charge in [0.25, 0.3) is 16.4 Å². The molecule has 22 heavy (non-hydrogen) atoms. The van der Waals surface area contributed by atoms with E-state index in [4.69, 9.17) is 4.74 Å². The Labute approximate surface area is 127 Å². The number of alkyl halides is 2. The molecule has 0 fully saturated rings. The Morgan fingerprint density at radius 3 is 2.50 bits per heavy atom. The van der Waals surface area contributed by atoms with E-state index in [1.165, 1.54) is 36.5 Å². The van der Waals surface area contributed by atoms with Crippen LogP contribution < -0.4 is 9.46 Å². The van der Waals surface area contributed by atoms with Gasteiger partial charge < -0.3 is 4.74 Å². The Balaban J connectivity index is 2.12. The molecule has 0 saturated heterocycles. The SMILES string of the molecule is Cc1cc(NS(=O)(=O)c2ccc(OCC(F)F)cc2)ccn1. The van der Waals surface area contributed by atoms with Crippen molar-refractivity contribution in [3.63, 3.8) is 0 Å². The van der Waals surface area contributed by atoms with Crippen LogP contribution in [0, 0.1) is 6.92 Å². The van der Waals surface area contributed by atoms with Gasteiger partial charge in [0.1, 0.15) is 12.4 Å². The summed E-state index contributed by atoms with van der Waals surface area (Å²) < 4.78 is 55.7. The van der Waals surface area contributed by atoms with Gasteiger partial charge in [-0.2, -0.15) is 0 Å². The number of nitrogens with zero attached hydrogens (tertiary/aromatic N) is 1. The predicted molar refractivity (Wildman–Crippen MR) is 77.7 cm³/mol. The molecule has 0 unspecified atom stereocenters. The van der Waals surface area contributed by atoms with Crippen LogP contribution in [-0.2, 0) is 10.0 Å². The minimum atomic E-state index is -3.76. The fourth-order valence-electron chi connectivity index (χ4n) is 1.70. The summed E-state index contributed by atoms with van der Waals surface area (Å²) in [4.78, 5) is 3.98. The molecular weight excluding hydrogens is 314 g/mol. The van der Waals surface area contributed by atoms with Crippen LogP contribution in [0.4, 0.5) is 14.5 Å². The van der Waals surface area contributed by atoms with Crippen LogP contribution in [0.3, 0.4) is 0 Å². The van der Waals surface area contributed by atoms with Gasteiger partial charge in [-0.25, -0.2) is 17.2 Å². The average molecular weight is 328 g/mol. The minimum Gasteiger partial charge on any atom is -0.488 e. The number of nitrogens with one attached hydrogen (secondary N) is 1. The maximum absolute atomic E-state index is 12.2. The molecule has 0 radical (unpaired) electrons. The molecule has 2 aromatic rings. The van der Waals surface area contributed by atoms with Gasteiger partial charge in [-0.3, -0.25) is 9.71 Å². The average Bonchev–Trinajstić information content (AvgIpc) is 2.45. The Hall–Kier alpha value is -2.22. The summed E-state index contributed by atoms with van der Waals surface area (Å²) in [6, 6.07) is 8.36. The summed E-state index contributed by atoms with van der Waals surface area (Å²) in [5.74, 6) is 0.180. The highest BCUT2D eigenvalue weighted by Gasteiger charge is 2.14. The zero-order chi connectivity index (χ0) is 16.2. The molecule has 1 heterocycles. The van der Waals surface area contributed by atoms with Gasteiger partial charge in [0.05, 0.1) is 10.6 Å². The largest absolute Gasteiger partial charge is 0.488 e. The molecule has 0 atom stereocenters. The molecule has 0 amide bonds. The second-order valence-corrected chi connectivity index (χ2v) is 6.15. The number of hydrogen-bond acceptors (Lipinski definition) is 4. The second kappa shape index (κ2) is 6.69. The van der Waals surface area contributed by atoms with E-state index in [1.807, 2.05) is 0 Å². The lowest BCUT2D eigenvalue weighted by atomic mass is 10.3. The van der Waals surface area contributed by atoms with Gasteiger partial charge in [0.15, 0.2) is 0 Å². The molecule has 0 aliphatic rings. The van der Waals surface area contributed by atoms with Crippen molar-refractivity contribution in [1.29, 1.82) is 0 Å². The van der Waals surface area contributed by atoms with Gasteiger partial charge in [-0.15, -0.1) is 0 Å². The second-order valence-electron chi connectivity index (χ2n) is 4.46. The maximum atomic E-state index is 12.2. The first-order chi connectivity index (χ1) is 10.4. The van der Waals surface area contributed by atoms with E-state index in [-0.39, 0.29) is 10.6 Å². The number of halogens is 2. The highest BCUT2D eigenvalue weighted by Crippen LogP contribution is 2.19. The number of sulfonamides is 1. The number of hydrogen-bond donors (Lipinski definition) is 1. The molecule has 0 saturated carbocycles. The van der Waals surface area contributed by atoms with Gasteiger partial charge >= 0.3 is 0 Å². The molecule has 1 N–H and O–H groups in total. The number of benzene rings is 1. The molecule has 2 rings (SSSR count). The molecule has 8 heteroatoms. The van der Waals surface area contributed by atoms with E-state index in [9.17, 15) is 17.2 Å². The van der Waals surface area contributed by atoms with Crippen molar-refractivity contribution < 1.29 is 21.9 Å². The summed E-state index contributed by atoms with van der Waals surface area (Å²) in [6.07, 6.45) is -1.09. The summed E-state index contributed by atoms with van der Waals surface area (Å²) in [5, 5.41) is 0. The third-order valence-electron chi connectivity index (χ3n) is 2.66. The molecule has 118 valence electrons. The maximum Gasteiger partial charge on any atom is 0.272 e. The van der Waals surface area contributed by atoms with Crippen molar-refractivity contribution in [2.24, 2.45) is 0 Å². The van der Waals surface area contributed by atoms with Crippen molar-refractivity contribution in [3.8, 4) is 5.75 Å². The Morgan fingerprint density at radius 1 is 1.23 bits per heavy atom. The molecule has 5 nitrogen and oxygen atoms in total. The van der Waals surface area contributed by atoms with Gasteiger partial charge in [0.2, 0.25) is 0 Å². The summed E-state index contributed by atoms with van der Waals surface area (Å²) in [5.41, 5.74) is 1.07. The van der Waals surface area contributed by atoms with Crippen LogP contribution in [0.5, 0.6) is 5.75 Å². The number of ether oxygens (including phenoxy) is 1. The molecule has 1 aromatic heterocycles. The number of pyridine rings is 1. The topological polar surface area (TPSA) is 68.3 Å². The fourth-order valence-corrected chi connectivity index (χ4v) is 2.75. The molecule has 0 aliphatic heterocycles. The Bertz CT molecular complexity index is 734. The third kappa shape index (κ3) is 4.39. The summed E-state index contributed by atoms with van der Waals surface area (Å²) in [6.45, 7) is 1.01. The van der Waals surface area contributed by atoms with Crippen molar-refractivity contribution in [2.45, 2.75) is 18.2 Å². The summed E-state index contributed by atoms with van der Waals surface area (Å²) >= 11 is 0. The number of aromatic nitrogens is 1. The summed E-state index contributed by atoms with van der Waals surface area (Å²) in [7, 11) is -3.76. The van der Waals surface area contributed by atoms with Crippen LogP contribution in [0.15, 0.2) is 47.5 Å². The van der Waals surface area contributed by atoms with Crippen LogP contribution in [0.1, 0.15) is 5.69 Å². The highest BCUT2D eigenvalue weighted by atomic mass is 32.2. The van der Waals surface area contributed by atoms with Crippen molar-refractivity contribution >= 4 is 15.7 Å². The molecule has 0 bridgehead atoms. The van der Waals surface area contributed by atoms with Gasteiger partial charge in [-0.1, -0.05) is 0 Å². The van der Waals surface area contributed by atoms with Crippen molar-refractivity contribution in [2.75, 3.05) is 11.3 Å². The first-order valence-corrected chi connectivity index (χ1v) is 7.81. The van der Waals surface area contributed by atoms with Gasteiger partial charge in [-0.05, 0) is 43.3 Å². The Kier molecular flexibility index (Phi) is 4.92. The predicted octanol–water partition coefficient (Wildman–Crippen LogP) is 2.83. The third-order valence-corrected chi connectivity index (χ3v) is 4.06. The minimum absolute atomic E-state index is 0.00589. The molecule has 1 aromatic carbocycles. The highest BCUT2D eigenvalue weighted by molar-refractivity contribution is 7.92. The van der Waals surface area contributed by atoms with Crippen LogP contribution >= 0.6 is 0 Å². The zero-order valence-electron chi connectivity index (χ0n) is 11.7. The molecule has 0 spiro atoms. The normalized spacial score (nSPS) is 11.5. The van der Waals surface area contributed by atoms with Crippen LogP contribution in [0.2, 0.25) is 0 Å². The van der Waals surface area contributed by atoms with Crippen molar-refractivity contribution in [3.05, 3.63) is 48.3 Å². The number of anilines is 1. The lowest BCUT2D eigenvalue weighted by Gasteiger charge is -2.09. The monoisotopic (exact) mass is 328 g/mol. The smallest absolute Gasteiger partial charge is 0.272 e. The lowest BCUT2D eigenvalue weighted by Crippen LogP contribution is -2.13. The first kappa shape index (κ1) is 16.2. The lowest BCUT2D eigenvalue weighted by molar-refractivity contribution is 0.0819. The van der Waals surface area contributed by atoms with E-state index >= 15 is 0 Å². The van der Waals surface area contributed by atoms with E-state index in [1.54, 1.807) is 13.0 Å². The number of aryl methyl sites for hydroxylation is 1. The Morgan fingerprint density at radius 2 is 1.91 bits per heavy atom. The first-order valence-electron chi connectivity index (χ1n) is 6.33. The van der Waals surface area contributed by atoms with E-state index in [2.05, 4.69) is 9.71 Å². The van der Waals surface area contributed by atoms with Gasteiger partial charge in [0, 0.05) is 11.9 Å². The number of rotatable bonds is 6. The molecule has 0 aliphatic carbocycles. The van der Waals surface area contributed by atoms with Crippen molar-refractivity contribution in [1.82, 2.24) is 4.98 Å². The standard InChI is InChI=1S/C14H14F2N2O3S/c1-10-8-11(6-7-17-10)18-22(19,20)13-4-2-12(3-5-13)21-9-14(15)16/h2-8,14H,9H2,1H3,(H,17,18). The van der Waals surface area contributed by atoms with Crippen LogP contribution in [0.25, 0.3) is 0 Å². The zero-order valence-corrected chi connectivity index (χ0v) is 12.5. The van der Waals surface area contributed by atoms with E-state index in [0.29, 0.717) is 11.4 Å².